The average molecular weight is 623 g/mol. The van der Waals surface area contributed by atoms with Gasteiger partial charge in [-0.2, -0.15) is 0 Å². The van der Waals surface area contributed by atoms with E-state index in [9.17, 15) is 19.5 Å². The number of carbonyl (C=O) groups is 3. The van der Waals surface area contributed by atoms with Crippen LogP contribution in [0.15, 0.2) is 48.0 Å². The van der Waals surface area contributed by atoms with Crippen LogP contribution in [0.25, 0.3) is 5.76 Å². The number of hydrogen-bond donors (Lipinski definition) is 1. The Kier molecular flexibility index (Phi) is 11.0. The van der Waals surface area contributed by atoms with Crippen LogP contribution in [0.4, 0.5) is 5.13 Å². The minimum atomic E-state index is -1.07. The first-order valence-corrected chi connectivity index (χ1v) is 15.6. The van der Waals surface area contributed by atoms with Crippen molar-refractivity contribution in [3.8, 4) is 17.2 Å². The number of amides is 1. The second-order valence-corrected chi connectivity index (χ2v) is 11.1. The number of hydrogen-bond acceptors (Lipinski definition) is 10. The molecule has 0 aliphatic carbocycles. The molecule has 0 bridgehead atoms. The molecule has 44 heavy (non-hydrogen) atoms. The van der Waals surface area contributed by atoms with E-state index in [0.29, 0.717) is 53.9 Å². The number of rotatable bonds is 14. The van der Waals surface area contributed by atoms with Gasteiger partial charge in [0.05, 0.1) is 44.2 Å². The van der Waals surface area contributed by atoms with E-state index < -0.39 is 23.7 Å². The molecule has 2 aromatic carbocycles. The van der Waals surface area contributed by atoms with Crippen LogP contribution in [-0.4, -0.2) is 54.7 Å². The molecule has 1 unspecified atom stereocenters. The third kappa shape index (κ3) is 6.88. The summed E-state index contributed by atoms with van der Waals surface area (Å²) in [5, 5.41) is 11.7. The first kappa shape index (κ1) is 32.5. The van der Waals surface area contributed by atoms with Gasteiger partial charge < -0.3 is 24.1 Å². The monoisotopic (exact) mass is 622 g/mol. The van der Waals surface area contributed by atoms with Crippen molar-refractivity contribution in [3.05, 3.63) is 69.7 Å². The second-order valence-electron chi connectivity index (χ2n) is 10.1. The van der Waals surface area contributed by atoms with Crippen LogP contribution < -0.4 is 19.1 Å². The van der Waals surface area contributed by atoms with E-state index in [1.165, 1.54) is 12.0 Å². The van der Waals surface area contributed by atoms with Gasteiger partial charge in [0, 0.05) is 5.56 Å². The highest BCUT2D eigenvalue weighted by atomic mass is 32.1. The van der Waals surface area contributed by atoms with Crippen LogP contribution in [0, 0.1) is 6.92 Å². The Balaban J connectivity index is 1.85. The largest absolute Gasteiger partial charge is 0.507 e. The number of thiazole rings is 1. The number of ketones is 1. The maximum atomic E-state index is 13.7. The van der Waals surface area contributed by atoms with Crippen LogP contribution in [0.5, 0.6) is 17.2 Å². The number of nitrogens with zero attached hydrogens (tertiary/aromatic N) is 2. The molecule has 2 heterocycles. The summed E-state index contributed by atoms with van der Waals surface area (Å²) in [6, 6.07) is 10.8. The smallest absolute Gasteiger partial charge is 0.350 e. The summed E-state index contributed by atoms with van der Waals surface area (Å²) in [6.07, 6.45) is 3.73. The van der Waals surface area contributed by atoms with E-state index >= 15 is 0 Å². The lowest BCUT2D eigenvalue weighted by Gasteiger charge is -2.24. The van der Waals surface area contributed by atoms with Crippen molar-refractivity contribution in [2.24, 2.45) is 0 Å². The van der Waals surface area contributed by atoms with Gasteiger partial charge in [-0.25, -0.2) is 9.78 Å². The Hall–Kier alpha value is -4.38. The van der Waals surface area contributed by atoms with E-state index in [4.69, 9.17) is 18.9 Å². The number of esters is 1. The number of Topliss-reactive ketones (excluding diaryl/α,β-unsaturated/α-hetero) is 1. The predicted octanol–water partition coefficient (Wildman–Crippen LogP) is 6.62. The molecule has 3 aromatic rings. The number of unbranched alkanes of at least 4 members (excludes halogenated alkanes) is 2. The zero-order valence-corrected chi connectivity index (χ0v) is 26.5. The molecule has 1 aliphatic heterocycles. The first-order chi connectivity index (χ1) is 21.2. The normalized spacial score (nSPS) is 15.8. The van der Waals surface area contributed by atoms with E-state index in [0.717, 1.165) is 37.0 Å². The lowest BCUT2D eigenvalue weighted by Crippen LogP contribution is -2.29. The van der Waals surface area contributed by atoms with Gasteiger partial charge >= 0.3 is 11.9 Å². The molecular formula is C33H38N2O8S. The van der Waals surface area contributed by atoms with E-state index in [1.54, 1.807) is 49.4 Å². The van der Waals surface area contributed by atoms with E-state index in [2.05, 4.69) is 18.8 Å². The summed E-state index contributed by atoms with van der Waals surface area (Å²) in [6.45, 7) is 9.03. The minimum absolute atomic E-state index is 0.120. The number of aliphatic hydroxyl groups excluding tert-OH is 1. The highest BCUT2D eigenvalue weighted by molar-refractivity contribution is 7.17. The molecule has 1 saturated heterocycles. The van der Waals surface area contributed by atoms with Crippen LogP contribution in [-0.2, 0) is 14.3 Å². The second kappa shape index (κ2) is 14.9. The van der Waals surface area contributed by atoms with Crippen LogP contribution in [0.2, 0.25) is 0 Å². The molecule has 1 aromatic heterocycles. The SMILES string of the molecule is CCCCOc1ccc(/C(O)=C2/C(=O)C(=O)N(c3nc(C)c(C(=O)OC)s3)C2c2ccc(OCCCC)c(OCC)c2)cc1. The summed E-state index contributed by atoms with van der Waals surface area (Å²) in [4.78, 5) is 45.6. The molecule has 1 amide bonds. The topological polar surface area (TPSA) is 124 Å². The van der Waals surface area contributed by atoms with Gasteiger partial charge in [0.2, 0.25) is 0 Å². The maximum Gasteiger partial charge on any atom is 0.350 e. The number of aromatic nitrogens is 1. The summed E-state index contributed by atoms with van der Waals surface area (Å²) in [7, 11) is 1.26. The number of aryl methyl sites for hydroxylation is 1. The van der Waals surface area contributed by atoms with Crippen molar-refractivity contribution in [2.45, 2.75) is 59.4 Å². The molecule has 0 radical (unpaired) electrons. The highest BCUT2D eigenvalue weighted by Gasteiger charge is 2.48. The Labute approximate surface area is 261 Å². The average Bonchev–Trinajstić information content (AvgIpc) is 3.53. The molecular weight excluding hydrogens is 584 g/mol. The van der Waals surface area contributed by atoms with Gasteiger partial charge in [0.25, 0.3) is 5.78 Å². The zero-order chi connectivity index (χ0) is 31.8. The third-order valence-electron chi connectivity index (χ3n) is 7.04. The van der Waals surface area contributed by atoms with Crippen molar-refractivity contribution in [3.63, 3.8) is 0 Å². The molecule has 11 heteroatoms. The van der Waals surface area contributed by atoms with Crippen molar-refractivity contribution in [1.29, 1.82) is 0 Å². The molecule has 10 nitrogen and oxygen atoms in total. The summed E-state index contributed by atoms with van der Waals surface area (Å²) < 4.78 is 22.4. The molecule has 1 fully saturated rings. The first-order valence-electron chi connectivity index (χ1n) is 14.7. The van der Waals surface area contributed by atoms with Crippen molar-refractivity contribution >= 4 is 39.9 Å². The Morgan fingerprint density at radius 1 is 0.955 bits per heavy atom. The number of carbonyl (C=O) groups excluding carboxylic acids is 3. The van der Waals surface area contributed by atoms with Crippen LogP contribution in [0.1, 0.15) is 79.0 Å². The van der Waals surface area contributed by atoms with Crippen molar-refractivity contribution in [1.82, 2.24) is 4.98 Å². The van der Waals surface area contributed by atoms with E-state index in [-0.39, 0.29) is 21.3 Å². The van der Waals surface area contributed by atoms with Gasteiger partial charge in [0.1, 0.15) is 16.4 Å². The fraction of sp³-hybridized carbons (Fsp3) is 0.394. The molecule has 0 spiro atoms. The van der Waals surface area contributed by atoms with Gasteiger partial charge in [-0.15, -0.1) is 0 Å². The molecule has 234 valence electrons. The summed E-state index contributed by atoms with van der Waals surface area (Å²) in [5.41, 5.74) is 1.06. The fourth-order valence-electron chi connectivity index (χ4n) is 4.72. The quantitative estimate of drug-likeness (QED) is 0.0694. The van der Waals surface area contributed by atoms with Crippen molar-refractivity contribution in [2.75, 3.05) is 31.8 Å². The number of ether oxygens (including phenoxy) is 4. The fourth-order valence-corrected chi connectivity index (χ4v) is 5.73. The van der Waals surface area contributed by atoms with E-state index in [1.807, 2.05) is 6.92 Å². The number of anilines is 1. The van der Waals surface area contributed by atoms with Gasteiger partial charge in [-0.3, -0.25) is 14.5 Å². The highest BCUT2D eigenvalue weighted by Crippen LogP contribution is 2.45. The molecule has 0 saturated carbocycles. The molecule has 1 aliphatic rings. The Morgan fingerprint density at radius 3 is 2.27 bits per heavy atom. The number of benzene rings is 2. The lowest BCUT2D eigenvalue weighted by atomic mass is 9.95. The maximum absolute atomic E-state index is 13.7. The predicted molar refractivity (Wildman–Crippen MR) is 168 cm³/mol. The number of aliphatic hydroxyl groups is 1. The van der Waals surface area contributed by atoms with Crippen LogP contribution in [0.3, 0.4) is 0 Å². The van der Waals surface area contributed by atoms with Gasteiger partial charge in [-0.1, -0.05) is 44.1 Å². The number of methoxy groups -OCH3 is 1. The Bertz CT molecular complexity index is 1530. The van der Waals surface area contributed by atoms with Crippen LogP contribution >= 0.6 is 11.3 Å². The molecule has 1 atom stereocenters. The lowest BCUT2D eigenvalue weighted by molar-refractivity contribution is -0.132. The zero-order valence-electron chi connectivity index (χ0n) is 25.7. The Morgan fingerprint density at radius 2 is 1.64 bits per heavy atom. The minimum Gasteiger partial charge on any atom is -0.507 e. The standard InChI is InChI=1S/C33H38N2O8S/c1-6-9-17-42-23-14-11-21(12-15-23)28(36)26-27(22-13-16-24(43-18-10-7-2)25(19-22)41-8-3)35(31(38)29(26)37)33-34-20(4)30(44-33)32(39)40-5/h11-16,19,27,36H,6-10,17-18H2,1-5H3/b28-26-. The van der Waals surface area contributed by atoms with Gasteiger partial charge in [0.15, 0.2) is 16.6 Å². The van der Waals surface area contributed by atoms with Gasteiger partial charge in [-0.05, 0) is 68.7 Å². The summed E-state index contributed by atoms with van der Waals surface area (Å²) in [5.74, 6) is -1.14. The summed E-state index contributed by atoms with van der Waals surface area (Å²) >= 11 is 0.936. The van der Waals surface area contributed by atoms with Crippen molar-refractivity contribution < 1.29 is 38.4 Å². The third-order valence-corrected chi connectivity index (χ3v) is 8.18. The molecule has 4 rings (SSSR count). The molecule has 1 N–H and O–H groups in total.